The van der Waals surface area contributed by atoms with E-state index in [1.54, 1.807) is 19.1 Å². The SMILES string of the molecule is Cc1n[nH]c(C)c1C(=O)Nc1ccccc1Cl. The summed E-state index contributed by atoms with van der Waals surface area (Å²) >= 11 is 5.97. The van der Waals surface area contributed by atoms with E-state index in [9.17, 15) is 4.79 Å². The summed E-state index contributed by atoms with van der Waals surface area (Å²) in [6, 6.07) is 7.11. The summed E-state index contributed by atoms with van der Waals surface area (Å²) in [4.78, 5) is 12.0. The van der Waals surface area contributed by atoms with Crippen LogP contribution in [0.4, 0.5) is 5.69 Å². The van der Waals surface area contributed by atoms with Gasteiger partial charge >= 0.3 is 0 Å². The lowest BCUT2D eigenvalue weighted by Gasteiger charge is -2.06. The predicted octanol–water partition coefficient (Wildman–Crippen LogP) is 2.93. The molecule has 2 rings (SSSR count). The zero-order valence-corrected chi connectivity index (χ0v) is 10.3. The highest BCUT2D eigenvalue weighted by Gasteiger charge is 2.15. The van der Waals surface area contributed by atoms with E-state index in [1.807, 2.05) is 19.1 Å². The highest BCUT2D eigenvalue weighted by atomic mass is 35.5. The molecule has 0 aliphatic rings. The Labute approximate surface area is 104 Å². The molecule has 0 aliphatic carbocycles. The topological polar surface area (TPSA) is 57.8 Å². The van der Waals surface area contributed by atoms with Crippen LogP contribution in [-0.4, -0.2) is 16.1 Å². The van der Waals surface area contributed by atoms with Gasteiger partial charge in [0.05, 0.1) is 22.0 Å². The van der Waals surface area contributed by atoms with Gasteiger partial charge in [0.15, 0.2) is 0 Å². The highest BCUT2D eigenvalue weighted by molar-refractivity contribution is 6.33. The van der Waals surface area contributed by atoms with Crippen LogP contribution in [0.2, 0.25) is 5.02 Å². The van der Waals surface area contributed by atoms with Crippen LogP contribution in [0.25, 0.3) is 0 Å². The van der Waals surface area contributed by atoms with Crippen molar-refractivity contribution in [1.29, 1.82) is 0 Å². The molecule has 0 atom stereocenters. The van der Waals surface area contributed by atoms with E-state index in [0.29, 0.717) is 22.0 Å². The molecule has 17 heavy (non-hydrogen) atoms. The summed E-state index contributed by atoms with van der Waals surface area (Å²) in [6.45, 7) is 3.59. The summed E-state index contributed by atoms with van der Waals surface area (Å²) in [5.74, 6) is -0.207. The molecule has 88 valence electrons. The third-order valence-electron chi connectivity index (χ3n) is 2.48. The lowest BCUT2D eigenvalue weighted by Crippen LogP contribution is -2.13. The van der Waals surface area contributed by atoms with Gasteiger partial charge in [-0.25, -0.2) is 0 Å². The van der Waals surface area contributed by atoms with Gasteiger partial charge in [0.25, 0.3) is 5.91 Å². The minimum absolute atomic E-state index is 0.207. The van der Waals surface area contributed by atoms with Gasteiger partial charge in [-0.15, -0.1) is 0 Å². The maximum atomic E-state index is 12.0. The van der Waals surface area contributed by atoms with Crippen LogP contribution < -0.4 is 5.32 Å². The maximum Gasteiger partial charge on any atom is 0.259 e. The third-order valence-corrected chi connectivity index (χ3v) is 2.81. The van der Waals surface area contributed by atoms with E-state index < -0.39 is 0 Å². The fraction of sp³-hybridized carbons (Fsp3) is 0.167. The molecule has 0 spiro atoms. The molecule has 1 aromatic carbocycles. The van der Waals surface area contributed by atoms with Gasteiger partial charge in [0.2, 0.25) is 0 Å². The van der Waals surface area contributed by atoms with Crippen LogP contribution in [0, 0.1) is 13.8 Å². The molecule has 1 amide bonds. The molecule has 2 N–H and O–H groups in total. The second kappa shape index (κ2) is 4.59. The molecule has 1 heterocycles. The van der Waals surface area contributed by atoms with Crippen molar-refractivity contribution in [2.75, 3.05) is 5.32 Å². The van der Waals surface area contributed by atoms with Gasteiger partial charge in [0, 0.05) is 5.69 Å². The molecule has 5 heteroatoms. The number of halogens is 1. The number of H-pyrrole nitrogens is 1. The normalized spacial score (nSPS) is 10.3. The van der Waals surface area contributed by atoms with Gasteiger partial charge < -0.3 is 5.32 Å². The number of carbonyl (C=O) groups is 1. The minimum Gasteiger partial charge on any atom is -0.321 e. The van der Waals surface area contributed by atoms with Crippen molar-refractivity contribution in [3.63, 3.8) is 0 Å². The number of nitrogens with zero attached hydrogens (tertiary/aromatic N) is 1. The Morgan fingerprint density at radius 2 is 2.06 bits per heavy atom. The van der Waals surface area contributed by atoms with E-state index in [1.165, 1.54) is 0 Å². The number of benzene rings is 1. The lowest BCUT2D eigenvalue weighted by atomic mass is 10.2. The van der Waals surface area contributed by atoms with E-state index in [0.717, 1.165) is 5.69 Å². The number of para-hydroxylation sites is 1. The number of aromatic amines is 1. The zero-order chi connectivity index (χ0) is 12.4. The first-order valence-corrected chi connectivity index (χ1v) is 5.55. The Morgan fingerprint density at radius 1 is 1.35 bits per heavy atom. The first-order valence-electron chi connectivity index (χ1n) is 5.17. The van der Waals surface area contributed by atoms with Crippen LogP contribution in [0.5, 0.6) is 0 Å². The van der Waals surface area contributed by atoms with E-state index in [-0.39, 0.29) is 5.91 Å². The Bertz CT molecular complexity index is 543. The largest absolute Gasteiger partial charge is 0.321 e. The van der Waals surface area contributed by atoms with Crippen LogP contribution in [-0.2, 0) is 0 Å². The predicted molar refractivity (Wildman–Crippen MR) is 67.5 cm³/mol. The first-order chi connectivity index (χ1) is 8.09. The molecule has 0 radical (unpaired) electrons. The summed E-state index contributed by atoms with van der Waals surface area (Å²) in [6.07, 6.45) is 0. The number of aryl methyl sites for hydroxylation is 2. The number of rotatable bonds is 2. The minimum atomic E-state index is -0.207. The maximum absolute atomic E-state index is 12.0. The van der Waals surface area contributed by atoms with Crippen LogP contribution in [0.3, 0.4) is 0 Å². The molecule has 2 aromatic rings. The average Bonchev–Trinajstić information content (AvgIpc) is 2.62. The standard InChI is InChI=1S/C12H12ClN3O/c1-7-11(8(2)16-15-7)12(17)14-10-6-4-3-5-9(10)13/h3-6H,1-2H3,(H,14,17)(H,15,16). The van der Waals surface area contributed by atoms with Crippen molar-refractivity contribution >= 4 is 23.2 Å². The second-order valence-corrected chi connectivity index (χ2v) is 4.15. The monoisotopic (exact) mass is 249 g/mol. The van der Waals surface area contributed by atoms with Crippen molar-refractivity contribution in [2.24, 2.45) is 0 Å². The summed E-state index contributed by atoms with van der Waals surface area (Å²) < 4.78 is 0. The Morgan fingerprint density at radius 3 is 2.65 bits per heavy atom. The van der Waals surface area contributed by atoms with Crippen molar-refractivity contribution in [2.45, 2.75) is 13.8 Å². The number of nitrogens with one attached hydrogen (secondary N) is 2. The van der Waals surface area contributed by atoms with Gasteiger partial charge in [-0.3, -0.25) is 9.89 Å². The van der Waals surface area contributed by atoms with Gasteiger partial charge in [-0.2, -0.15) is 5.10 Å². The number of hydrogen-bond acceptors (Lipinski definition) is 2. The second-order valence-electron chi connectivity index (χ2n) is 3.74. The van der Waals surface area contributed by atoms with Crippen LogP contribution in [0.1, 0.15) is 21.7 Å². The smallest absolute Gasteiger partial charge is 0.259 e. The van der Waals surface area contributed by atoms with E-state index >= 15 is 0 Å². The highest BCUT2D eigenvalue weighted by Crippen LogP contribution is 2.22. The van der Waals surface area contributed by atoms with Crippen molar-refractivity contribution in [1.82, 2.24) is 10.2 Å². The molecule has 0 unspecified atom stereocenters. The van der Waals surface area contributed by atoms with Crippen molar-refractivity contribution in [3.05, 3.63) is 46.2 Å². The summed E-state index contributed by atoms with van der Waals surface area (Å²) in [7, 11) is 0. The van der Waals surface area contributed by atoms with E-state index in [4.69, 9.17) is 11.6 Å². The molecule has 0 saturated carbocycles. The van der Waals surface area contributed by atoms with Gasteiger partial charge in [0.1, 0.15) is 0 Å². The molecule has 0 bridgehead atoms. The fourth-order valence-electron chi connectivity index (χ4n) is 1.63. The molecule has 0 aliphatic heterocycles. The number of amides is 1. The van der Waals surface area contributed by atoms with Gasteiger partial charge in [-0.1, -0.05) is 23.7 Å². The zero-order valence-electron chi connectivity index (χ0n) is 9.54. The number of anilines is 1. The first kappa shape index (κ1) is 11.7. The molecular formula is C12H12ClN3O. The lowest BCUT2D eigenvalue weighted by molar-refractivity contribution is 0.102. The molecule has 1 aromatic heterocycles. The summed E-state index contributed by atoms with van der Waals surface area (Å²) in [5.41, 5.74) is 2.57. The fourth-order valence-corrected chi connectivity index (χ4v) is 1.82. The quantitative estimate of drug-likeness (QED) is 0.860. The van der Waals surface area contributed by atoms with E-state index in [2.05, 4.69) is 15.5 Å². The third kappa shape index (κ3) is 2.31. The molecule has 0 fully saturated rings. The average molecular weight is 250 g/mol. The molecule has 0 saturated heterocycles. The number of hydrogen-bond donors (Lipinski definition) is 2. The Kier molecular flexibility index (Phi) is 3.15. The number of aromatic nitrogens is 2. The molecular weight excluding hydrogens is 238 g/mol. The Balaban J connectivity index is 2.27. The van der Waals surface area contributed by atoms with Crippen LogP contribution in [0.15, 0.2) is 24.3 Å². The Hall–Kier alpha value is -1.81. The summed E-state index contributed by atoms with van der Waals surface area (Å²) in [5, 5.41) is 10.0. The number of carbonyl (C=O) groups excluding carboxylic acids is 1. The van der Waals surface area contributed by atoms with Gasteiger partial charge in [-0.05, 0) is 26.0 Å². The van der Waals surface area contributed by atoms with Crippen molar-refractivity contribution < 1.29 is 4.79 Å². The molecule has 4 nitrogen and oxygen atoms in total. The van der Waals surface area contributed by atoms with Crippen LogP contribution >= 0.6 is 11.6 Å². The van der Waals surface area contributed by atoms with Crippen molar-refractivity contribution in [3.8, 4) is 0 Å².